The van der Waals surface area contributed by atoms with Crippen LogP contribution in [-0.2, 0) is 27.7 Å². The van der Waals surface area contributed by atoms with Crippen molar-refractivity contribution in [2.24, 2.45) is 5.92 Å². The van der Waals surface area contributed by atoms with Crippen molar-refractivity contribution in [1.29, 1.82) is 0 Å². The van der Waals surface area contributed by atoms with Crippen molar-refractivity contribution in [2.75, 3.05) is 5.75 Å². The first-order valence-corrected chi connectivity index (χ1v) is 12.5. The van der Waals surface area contributed by atoms with Gasteiger partial charge in [0.05, 0.1) is 11.4 Å². The first-order valence-electron chi connectivity index (χ1n) is 10.9. The van der Waals surface area contributed by atoms with Gasteiger partial charge in [0.2, 0.25) is 10.0 Å². The molecule has 0 aromatic carbocycles. The predicted molar refractivity (Wildman–Crippen MR) is 114 cm³/mol. The van der Waals surface area contributed by atoms with Gasteiger partial charge < -0.3 is 0 Å². The standard InChI is InChI=1S/C23H28N2O3S/c1-2-10-29(27,28)25-18-8-9-19(25)12-16(11-18)21-13-17(14-23(26)15-6-7-15)24-22-5-3-4-20(21)22/h3-4,11,13,15,18-19H,2,5-10,12,14H2,1H3. The molecule has 29 heavy (non-hydrogen) atoms. The van der Waals surface area contributed by atoms with Gasteiger partial charge in [0.15, 0.2) is 0 Å². The van der Waals surface area contributed by atoms with Crippen molar-refractivity contribution in [3.8, 4) is 0 Å². The Morgan fingerprint density at radius 3 is 2.79 bits per heavy atom. The lowest BCUT2D eigenvalue weighted by Gasteiger charge is -2.33. The molecule has 2 unspecified atom stereocenters. The lowest BCUT2D eigenvalue weighted by molar-refractivity contribution is -0.119. The molecule has 154 valence electrons. The third-order valence-corrected chi connectivity index (χ3v) is 8.77. The van der Waals surface area contributed by atoms with E-state index >= 15 is 0 Å². The Kier molecular flexibility index (Phi) is 4.74. The molecule has 1 saturated heterocycles. The van der Waals surface area contributed by atoms with Crippen molar-refractivity contribution in [3.05, 3.63) is 40.7 Å². The fraction of sp³-hybridized carbons (Fsp3) is 0.565. The lowest BCUT2D eigenvalue weighted by atomic mass is 9.91. The van der Waals surface area contributed by atoms with Gasteiger partial charge in [-0.1, -0.05) is 25.2 Å². The average molecular weight is 413 g/mol. The van der Waals surface area contributed by atoms with Crippen LogP contribution in [0.2, 0.25) is 0 Å². The van der Waals surface area contributed by atoms with Gasteiger partial charge in [-0.25, -0.2) is 8.42 Å². The van der Waals surface area contributed by atoms with Crippen LogP contribution in [0.5, 0.6) is 0 Å². The molecule has 0 amide bonds. The quantitative estimate of drug-likeness (QED) is 0.687. The van der Waals surface area contributed by atoms with E-state index in [1.807, 2.05) is 6.92 Å². The number of nitrogens with zero attached hydrogens (tertiary/aromatic N) is 2. The molecule has 2 aliphatic carbocycles. The molecule has 0 radical (unpaired) electrons. The summed E-state index contributed by atoms with van der Waals surface area (Å²) in [5, 5.41) is 0. The Labute approximate surface area is 172 Å². The SMILES string of the molecule is CCCS(=O)(=O)N1C2C=C(c3cc(CC(=O)C4CC4)nc4c3C=CC4)CC1CC2. The number of sulfonamides is 1. The number of ketones is 1. The minimum atomic E-state index is -3.20. The number of hydrogen-bond acceptors (Lipinski definition) is 4. The Hall–Kier alpha value is -1.79. The predicted octanol–water partition coefficient (Wildman–Crippen LogP) is 3.53. The Balaban J connectivity index is 1.49. The summed E-state index contributed by atoms with van der Waals surface area (Å²) in [6, 6.07) is 2.12. The molecule has 1 aromatic heterocycles. The van der Waals surface area contributed by atoms with Crippen LogP contribution in [0.3, 0.4) is 0 Å². The number of fused-ring (bicyclic) bond motifs is 3. The Morgan fingerprint density at radius 2 is 2.07 bits per heavy atom. The molecule has 4 aliphatic rings. The van der Waals surface area contributed by atoms with E-state index in [-0.39, 0.29) is 23.8 Å². The molecule has 2 fully saturated rings. The van der Waals surface area contributed by atoms with Crippen LogP contribution in [0.1, 0.15) is 68.0 Å². The van der Waals surface area contributed by atoms with E-state index in [0.717, 1.165) is 61.0 Å². The number of pyridine rings is 1. The highest BCUT2D eigenvalue weighted by molar-refractivity contribution is 7.89. The summed E-state index contributed by atoms with van der Waals surface area (Å²) < 4.78 is 27.3. The fourth-order valence-electron chi connectivity index (χ4n) is 5.17. The van der Waals surface area contributed by atoms with E-state index < -0.39 is 10.0 Å². The van der Waals surface area contributed by atoms with E-state index in [1.165, 1.54) is 5.57 Å². The van der Waals surface area contributed by atoms with Gasteiger partial charge in [-0.15, -0.1) is 0 Å². The molecule has 1 aromatic rings. The van der Waals surface area contributed by atoms with Gasteiger partial charge in [0, 0.05) is 42.1 Å². The molecule has 1 saturated carbocycles. The Bertz CT molecular complexity index is 1020. The summed E-state index contributed by atoms with van der Waals surface area (Å²) in [7, 11) is -3.20. The van der Waals surface area contributed by atoms with Crippen molar-refractivity contribution < 1.29 is 13.2 Å². The zero-order chi connectivity index (χ0) is 20.2. The number of carbonyl (C=O) groups excluding carboxylic acids is 1. The maximum Gasteiger partial charge on any atom is 0.214 e. The second-order valence-electron chi connectivity index (χ2n) is 8.89. The first kappa shape index (κ1) is 19.2. The second kappa shape index (κ2) is 7.17. The molecule has 5 nitrogen and oxygen atoms in total. The number of allylic oxidation sites excluding steroid dienone is 1. The molecule has 6 heteroatoms. The Morgan fingerprint density at radius 1 is 1.24 bits per heavy atom. The van der Waals surface area contributed by atoms with Crippen molar-refractivity contribution in [2.45, 2.75) is 70.4 Å². The number of rotatable bonds is 7. The van der Waals surface area contributed by atoms with Crippen LogP contribution < -0.4 is 0 Å². The monoisotopic (exact) mass is 412 g/mol. The smallest absolute Gasteiger partial charge is 0.214 e. The van der Waals surface area contributed by atoms with Gasteiger partial charge in [-0.2, -0.15) is 4.31 Å². The molecule has 0 N–H and O–H groups in total. The molecule has 3 heterocycles. The number of carbonyl (C=O) groups is 1. The highest BCUT2D eigenvalue weighted by Crippen LogP contribution is 2.42. The van der Waals surface area contributed by atoms with Crippen molar-refractivity contribution in [1.82, 2.24) is 9.29 Å². The number of hydrogen-bond donors (Lipinski definition) is 0. The summed E-state index contributed by atoms with van der Waals surface area (Å²) >= 11 is 0. The summed E-state index contributed by atoms with van der Waals surface area (Å²) in [6.07, 6.45) is 12.9. The van der Waals surface area contributed by atoms with Crippen LogP contribution in [0, 0.1) is 5.92 Å². The van der Waals surface area contributed by atoms with Gasteiger partial charge in [-0.05, 0) is 55.7 Å². The minimum absolute atomic E-state index is 0.0361. The summed E-state index contributed by atoms with van der Waals surface area (Å²) in [6.45, 7) is 1.92. The summed E-state index contributed by atoms with van der Waals surface area (Å²) in [4.78, 5) is 17.1. The van der Waals surface area contributed by atoms with Crippen LogP contribution in [0.25, 0.3) is 11.6 Å². The molecular weight excluding hydrogens is 384 g/mol. The van der Waals surface area contributed by atoms with Crippen LogP contribution >= 0.6 is 0 Å². The maximum atomic E-state index is 12.8. The van der Waals surface area contributed by atoms with Gasteiger partial charge in [-0.3, -0.25) is 9.78 Å². The fourth-order valence-corrected chi connectivity index (χ4v) is 7.11. The van der Waals surface area contributed by atoms with E-state index in [2.05, 4.69) is 24.3 Å². The van der Waals surface area contributed by atoms with E-state index in [4.69, 9.17) is 4.98 Å². The number of Topliss-reactive ketones (excluding diaryl/α,β-unsaturated/α-hetero) is 1. The largest absolute Gasteiger partial charge is 0.299 e. The highest BCUT2D eigenvalue weighted by atomic mass is 32.2. The maximum absolute atomic E-state index is 12.8. The first-order chi connectivity index (χ1) is 14.0. The van der Waals surface area contributed by atoms with Gasteiger partial charge in [0.1, 0.15) is 5.78 Å². The normalized spacial score (nSPS) is 25.9. The molecule has 2 bridgehead atoms. The molecule has 5 rings (SSSR count). The van der Waals surface area contributed by atoms with E-state index in [0.29, 0.717) is 18.6 Å². The molecule has 2 aliphatic heterocycles. The summed E-state index contributed by atoms with van der Waals surface area (Å²) in [5.74, 6) is 0.780. The zero-order valence-electron chi connectivity index (χ0n) is 16.9. The average Bonchev–Trinajstić information content (AvgIpc) is 3.36. The second-order valence-corrected chi connectivity index (χ2v) is 10.9. The summed E-state index contributed by atoms with van der Waals surface area (Å²) in [5.41, 5.74) is 5.46. The van der Waals surface area contributed by atoms with Crippen LogP contribution in [0.15, 0.2) is 18.2 Å². The van der Waals surface area contributed by atoms with Crippen molar-refractivity contribution in [3.63, 3.8) is 0 Å². The minimum Gasteiger partial charge on any atom is -0.299 e. The zero-order valence-corrected chi connectivity index (χ0v) is 17.7. The topological polar surface area (TPSA) is 67.3 Å². The van der Waals surface area contributed by atoms with Gasteiger partial charge in [0.25, 0.3) is 0 Å². The third-order valence-electron chi connectivity index (χ3n) is 6.64. The van der Waals surface area contributed by atoms with E-state index in [9.17, 15) is 13.2 Å². The lowest BCUT2D eigenvalue weighted by Crippen LogP contribution is -2.43. The molecule has 2 atom stereocenters. The molecule has 0 spiro atoms. The van der Waals surface area contributed by atoms with E-state index in [1.54, 1.807) is 4.31 Å². The number of aromatic nitrogens is 1. The third kappa shape index (κ3) is 3.50. The van der Waals surface area contributed by atoms with Gasteiger partial charge >= 0.3 is 0 Å². The van der Waals surface area contributed by atoms with Crippen LogP contribution in [-0.4, -0.2) is 41.3 Å². The molecular formula is C23H28N2O3S. The highest BCUT2D eigenvalue weighted by Gasteiger charge is 2.43. The van der Waals surface area contributed by atoms with Crippen LogP contribution in [0.4, 0.5) is 0 Å². The van der Waals surface area contributed by atoms with Crippen molar-refractivity contribution >= 4 is 27.5 Å².